The standard InChI is InChI=1S/C18H24ClN5O/c1-20-18(21-8-10-25-17-5-3-16(19)4-6-17)24-9-7-14(13-24)15-11-22-23(2)12-15/h3-6,11-12,14H,7-10,13H2,1-2H3,(H,20,21). The third-order valence-corrected chi connectivity index (χ3v) is 4.62. The summed E-state index contributed by atoms with van der Waals surface area (Å²) in [5.74, 6) is 2.25. The van der Waals surface area contributed by atoms with Crippen LogP contribution in [0.5, 0.6) is 5.75 Å². The summed E-state index contributed by atoms with van der Waals surface area (Å²) in [6, 6.07) is 7.39. The van der Waals surface area contributed by atoms with Crippen molar-refractivity contribution in [2.24, 2.45) is 12.0 Å². The number of nitrogens with one attached hydrogen (secondary N) is 1. The van der Waals surface area contributed by atoms with Gasteiger partial charge < -0.3 is 15.0 Å². The summed E-state index contributed by atoms with van der Waals surface area (Å²) in [4.78, 5) is 6.69. The van der Waals surface area contributed by atoms with Gasteiger partial charge in [0.05, 0.1) is 12.7 Å². The van der Waals surface area contributed by atoms with Gasteiger partial charge in [0.2, 0.25) is 0 Å². The summed E-state index contributed by atoms with van der Waals surface area (Å²) in [5.41, 5.74) is 1.30. The Kier molecular flexibility index (Phi) is 5.81. The average molecular weight is 362 g/mol. The molecule has 1 saturated heterocycles. The molecule has 0 bridgehead atoms. The zero-order valence-corrected chi connectivity index (χ0v) is 15.4. The van der Waals surface area contributed by atoms with Gasteiger partial charge >= 0.3 is 0 Å². The smallest absolute Gasteiger partial charge is 0.193 e. The third kappa shape index (κ3) is 4.66. The predicted octanol–water partition coefficient (Wildman–Crippen LogP) is 2.52. The fraction of sp³-hybridized carbons (Fsp3) is 0.444. The van der Waals surface area contributed by atoms with Crippen molar-refractivity contribution in [2.45, 2.75) is 12.3 Å². The fourth-order valence-corrected chi connectivity index (χ4v) is 3.20. The minimum absolute atomic E-state index is 0.512. The quantitative estimate of drug-likeness (QED) is 0.505. The number of halogens is 1. The number of aryl methyl sites for hydroxylation is 1. The van der Waals surface area contributed by atoms with Crippen LogP contribution in [0.2, 0.25) is 5.02 Å². The van der Waals surface area contributed by atoms with Gasteiger partial charge in [-0.3, -0.25) is 9.67 Å². The van der Waals surface area contributed by atoms with Gasteiger partial charge in [0.15, 0.2) is 5.96 Å². The Balaban J connectivity index is 1.44. The van der Waals surface area contributed by atoms with Gasteiger partial charge in [0.25, 0.3) is 0 Å². The van der Waals surface area contributed by atoms with E-state index in [1.807, 2.05) is 49.2 Å². The molecule has 25 heavy (non-hydrogen) atoms. The molecule has 1 fully saturated rings. The lowest BCUT2D eigenvalue weighted by atomic mass is 10.0. The van der Waals surface area contributed by atoms with E-state index >= 15 is 0 Å². The van der Waals surface area contributed by atoms with E-state index in [1.165, 1.54) is 5.56 Å². The van der Waals surface area contributed by atoms with Crippen LogP contribution >= 0.6 is 11.6 Å². The van der Waals surface area contributed by atoms with Gasteiger partial charge in [0.1, 0.15) is 12.4 Å². The summed E-state index contributed by atoms with van der Waals surface area (Å²) in [7, 11) is 3.77. The van der Waals surface area contributed by atoms with Gasteiger partial charge in [-0.2, -0.15) is 5.10 Å². The number of aliphatic imine (C=N–C) groups is 1. The van der Waals surface area contributed by atoms with E-state index in [0.717, 1.165) is 31.2 Å². The summed E-state index contributed by atoms with van der Waals surface area (Å²) in [5, 5.41) is 8.36. The molecule has 1 N–H and O–H groups in total. The Morgan fingerprint density at radius 1 is 1.40 bits per heavy atom. The van der Waals surface area contributed by atoms with Crippen molar-refractivity contribution < 1.29 is 4.74 Å². The molecule has 2 aromatic rings. The van der Waals surface area contributed by atoms with Crippen molar-refractivity contribution >= 4 is 17.6 Å². The van der Waals surface area contributed by atoms with Gasteiger partial charge in [0, 0.05) is 44.3 Å². The van der Waals surface area contributed by atoms with Crippen LogP contribution in [0.25, 0.3) is 0 Å². The number of aromatic nitrogens is 2. The SMILES string of the molecule is CN=C(NCCOc1ccc(Cl)cc1)N1CCC(c2cnn(C)c2)C1. The maximum absolute atomic E-state index is 5.87. The predicted molar refractivity (Wildman–Crippen MR) is 100 cm³/mol. The Morgan fingerprint density at radius 3 is 2.88 bits per heavy atom. The summed E-state index contributed by atoms with van der Waals surface area (Å²) < 4.78 is 7.57. The van der Waals surface area contributed by atoms with E-state index < -0.39 is 0 Å². The lowest BCUT2D eigenvalue weighted by molar-refractivity contribution is 0.319. The monoisotopic (exact) mass is 361 g/mol. The highest BCUT2D eigenvalue weighted by Gasteiger charge is 2.26. The van der Waals surface area contributed by atoms with E-state index in [0.29, 0.717) is 24.1 Å². The van der Waals surface area contributed by atoms with Crippen LogP contribution in [-0.2, 0) is 7.05 Å². The fourth-order valence-electron chi connectivity index (χ4n) is 3.07. The molecule has 134 valence electrons. The number of hydrogen-bond donors (Lipinski definition) is 1. The number of benzene rings is 1. The molecule has 3 rings (SSSR count). The lowest BCUT2D eigenvalue weighted by Crippen LogP contribution is -2.41. The molecular formula is C18H24ClN5O. The van der Waals surface area contributed by atoms with Crippen LogP contribution in [0.15, 0.2) is 41.7 Å². The number of likely N-dealkylation sites (tertiary alicyclic amines) is 1. The van der Waals surface area contributed by atoms with Crippen LogP contribution in [-0.4, -0.2) is 53.9 Å². The topological polar surface area (TPSA) is 54.7 Å². The molecule has 2 heterocycles. The highest BCUT2D eigenvalue weighted by Crippen LogP contribution is 2.26. The summed E-state index contributed by atoms with van der Waals surface area (Å²) in [6.07, 6.45) is 5.18. The maximum atomic E-state index is 5.87. The van der Waals surface area contributed by atoms with Gasteiger partial charge in [-0.05, 0) is 36.2 Å². The first kappa shape index (κ1) is 17.6. The number of rotatable bonds is 5. The number of ether oxygens (including phenoxy) is 1. The molecule has 0 aliphatic carbocycles. The Morgan fingerprint density at radius 2 is 2.20 bits per heavy atom. The molecule has 0 saturated carbocycles. The van der Waals surface area contributed by atoms with Crippen molar-refractivity contribution in [3.05, 3.63) is 47.2 Å². The largest absolute Gasteiger partial charge is 0.492 e. The van der Waals surface area contributed by atoms with Crippen molar-refractivity contribution in [1.82, 2.24) is 20.0 Å². The third-order valence-electron chi connectivity index (χ3n) is 4.36. The molecule has 1 atom stereocenters. The van der Waals surface area contributed by atoms with E-state index in [9.17, 15) is 0 Å². The van der Waals surface area contributed by atoms with Gasteiger partial charge in [-0.1, -0.05) is 11.6 Å². The van der Waals surface area contributed by atoms with Crippen LogP contribution in [0.1, 0.15) is 17.9 Å². The molecule has 1 aliphatic heterocycles. The van der Waals surface area contributed by atoms with E-state index in [1.54, 1.807) is 0 Å². The minimum atomic E-state index is 0.512. The Labute approximate surface area is 153 Å². The number of guanidine groups is 1. The molecule has 0 radical (unpaired) electrons. The first-order chi connectivity index (χ1) is 12.2. The van der Waals surface area contributed by atoms with Crippen LogP contribution in [0.3, 0.4) is 0 Å². The summed E-state index contributed by atoms with van der Waals surface area (Å²) >= 11 is 5.87. The minimum Gasteiger partial charge on any atom is -0.492 e. The van der Waals surface area contributed by atoms with E-state index in [-0.39, 0.29) is 0 Å². The number of nitrogens with zero attached hydrogens (tertiary/aromatic N) is 4. The second kappa shape index (κ2) is 8.25. The molecule has 7 heteroatoms. The molecule has 6 nitrogen and oxygen atoms in total. The second-order valence-electron chi connectivity index (χ2n) is 6.16. The van der Waals surface area contributed by atoms with E-state index in [2.05, 4.69) is 26.5 Å². The van der Waals surface area contributed by atoms with Crippen LogP contribution < -0.4 is 10.1 Å². The second-order valence-corrected chi connectivity index (χ2v) is 6.59. The van der Waals surface area contributed by atoms with Crippen molar-refractivity contribution in [2.75, 3.05) is 33.3 Å². The normalized spacial score (nSPS) is 17.8. The Bertz CT molecular complexity index is 713. The lowest BCUT2D eigenvalue weighted by Gasteiger charge is -2.21. The van der Waals surface area contributed by atoms with Crippen molar-refractivity contribution in [1.29, 1.82) is 0 Å². The Hall–Kier alpha value is -2.21. The highest BCUT2D eigenvalue weighted by atomic mass is 35.5. The van der Waals surface area contributed by atoms with Crippen molar-refractivity contribution in [3.63, 3.8) is 0 Å². The highest BCUT2D eigenvalue weighted by molar-refractivity contribution is 6.30. The molecule has 0 amide bonds. The summed E-state index contributed by atoms with van der Waals surface area (Å²) in [6.45, 7) is 3.23. The van der Waals surface area contributed by atoms with E-state index in [4.69, 9.17) is 16.3 Å². The first-order valence-corrected chi connectivity index (χ1v) is 8.86. The van der Waals surface area contributed by atoms with Gasteiger partial charge in [-0.15, -0.1) is 0 Å². The molecule has 1 aromatic carbocycles. The van der Waals surface area contributed by atoms with Crippen LogP contribution in [0.4, 0.5) is 0 Å². The number of hydrogen-bond acceptors (Lipinski definition) is 3. The molecule has 0 spiro atoms. The molecular weight excluding hydrogens is 338 g/mol. The average Bonchev–Trinajstić information content (AvgIpc) is 3.25. The molecule has 1 unspecified atom stereocenters. The first-order valence-electron chi connectivity index (χ1n) is 8.48. The zero-order chi connectivity index (χ0) is 17.6. The van der Waals surface area contributed by atoms with Crippen LogP contribution in [0, 0.1) is 0 Å². The molecule has 1 aliphatic rings. The van der Waals surface area contributed by atoms with Gasteiger partial charge in [-0.25, -0.2) is 0 Å². The molecule has 1 aromatic heterocycles. The van der Waals surface area contributed by atoms with Crippen molar-refractivity contribution in [3.8, 4) is 5.75 Å². The maximum Gasteiger partial charge on any atom is 0.193 e. The zero-order valence-electron chi connectivity index (χ0n) is 14.7.